The molecule has 1 aromatic heterocycles. The lowest BCUT2D eigenvalue weighted by atomic mass is 10.0. The molecule has 1 aromatic carbocycles. The number of benzene rings is 1. The normalized spacial score (nSPS) is 14.7. The first-order valence-electron chi connectivity index (χ1n) is 9.66. The minimum atomic E-state index is 0.0286. The Morgan fingerprint density at radius 2 is 1.63 bits per heavy atom. The van der Waals surface area contributed by atoms with Crippen molar-refractivity contribution in [2.75, 3.05) is 26.2 Å². The molecule has 144 valence electrons. The average molecular weight is 368 g/mol. The molecule has 6 nitrogen and oxygen atoms in total. The molecule has 0 radical (unpaired) electrons. The number of nitrogens with zero attached hydrogens (tertiary/aromatic N) is 4. The fraction of sp³-hybridized carbons (Fsp3) is 0.476. The summed E-state index contributed by atoms with van der Waals surface area (Å²) in [5.41, 5.74) is 3.49. The fourth-order valence-corrected chi connectivity index (χ4v) is 3.60. The summed E-state index contributed by atoms with van der Waals surface area (Å²) in [6.45, 7) is 10.1. The summed E-state index contributed by atoms with van der Waals surface area (Å²) in [5.74, 6) is 0.245. The lowest BCUT2D eigenvalue weighted by Gasteiger charge is -2.34. The zero-order valence-electron chi connectivity index (χ0n) is 16.6. The van der Waals surface area contributed by atoms with Crippen LogP contribution in [0.1, 0.15) is 55.4 Å². The Bertz CT molecular complexity index is 818. The van der Waals surface area contributed by atoms with E-state index in [0.29, 0.717) is 26.2 Å². The average Bonchev–Trinajstić information content (AvgIpc) is 3.08. The number of amides is 2. The van der Waals surface area contributed by atoms with Gasteiger partial charge in [-0.1, -0.05) is 39.0 Å². The number of hydrogen-bond acceptors (Lipinski definition) is 3. The highest BCUT2D eigenvalue weighted by Crippen LogP contribution is 2.27. The van der Waals surface area contributed by atoms with Crippen LogP contribution in [0.15, 0.2) is 30.3 Å². The van der Waals surface area contributed by atoms with Gasteiger partial charge in [-0.3, -0.25) is 9.59 Å². The van der Waals surface area contributed by atoms with E-state index in [0.717, 1.165) is 29.1 Å². The standard InChI is InChI=1S/C21H28N4O2/c1-5-18-19(21(27)24-13-11-23(12-14-24)16(4)26)20(15(2)3)22-25(18)17-9-7-6-8-10-17/h6-10,15H,5,11-14H2,1-4H3. The number of carbonyl (C=O) groups is 2. The molecular weight excluding hydrogens is 340 g/mol. The second-order valence-corrected chi connectivity index (χ2v) is 7.26. The van der Waals surface area contributed by atoms with Crippen molar-refractivity contribution in [3.63, 3.8) is 0 Å². The maximum Gasteiger partial charge on any atom is 0.257 e. The third-order valence-electron chi connectivity index (χ3n) is 5.12. The zero-order chi connectivity index (χ0) is 19.6. The molecule has 1 fully saturated rings. The summed E-state index contributed by atoms with van der Waals surface area (Å²) in [6.07, 6.45) is 0.725. The molecule has 0 aliphatic carbocycles. The summed E-state index contributed by atoms with van der Waals surface area (Å²) < 4.78 is 1.91. The van der Waals surface area contributed by atoms with Gasteiger partial charge in [0.2, 0.25) is 5.91 Å². The molecule has 0 atom stereocenters. The van der Waals surface area contributed by atoms with Crippen molar-refractivity contribution >= 4 is 11.8 Å². The number of hydrogen-bond donors (Lipinski definition) is 0. The van der Waals surface area contributed by atoms with Crippen LogP contribution in [-0.2, 0) is 11.2 Å². The Morgan fingerprint density at radius 3 is 2.15 bits per heavy atom. The van der Waals surface area contributed by atoms with Crippen LogP contribution >= 0.6 is 0 Å². The van der Waals surface area contributed by atoms with E-state index in [9.17, 15) is 9.59 Å². The fourth-order valence-electron chi connectivity index (χ4n) is 3.60. The topological polar surface area (TPSA) is 58.4 Å². The van der Waals surface area contributed by atoms with Gasteiger partial charge >= 0.3 is 0 Å². The molecule has 1 aliphatic heterocycles. The van der Waals surface area contributed by atoms with Crippen LogP contribution in [-0.4, -0.2) is 57.6 Å². The van der Waals surface area contributed by atoms with Gasteiger partial charge in [0.15, 0.2) is 0 Å². The van der Waals surface area contributed by atoms with Crippen LogP contribution in [0.25, 0.3) is 5.69 Å². The van der Waals surface area contributed by atoms with E-state index in [2.05, 4.69) is 20.8 Å². The second-order valence-electron chi connectivity index (χ2n) is 7.26. The van der Waals surface area contributed by atoms with E-state index < -0.39 is 0 Å². The molecule has 0 N–H and O–H groups in total. The highest BCUT2D eigenvalue weighted by molar-refractivity contribution is 5.97. The highest BCUT2D eigenvalue weighted by Gasteiger charge is 2.30. The van der Waals surface area contributed by atoms with Crippen LogP contribution in [0.4, 0.5) is 0 Å². The third-order valence-corrected chi connectivity index (χ3v) is 5.12. The maximum atomic E-state index is 13.4. The van der Waals surface area contributed by atoms with Gasteiger partial charge in [-0.25, -0.2) is 4.68 Å². The minimum absolute atomic E-state index is 0.0286. The number of piperazine rings is 1. The van der Waals surface area contributed by atoms with Crippen LogP contribution in [0, 0.1) is 0 Å². The van der Waals surface area contributed by atoms with Gasteiger partial charge in [0.05, 0.1) is 22.6 Å². The SMILES string of the molecule is CCc1c(C(=O)N2CCN(C(C)=O)CC2)c(C(C)C)nn1-c1ccccc1. The molecule has 2 amide bonds. The van der Waals surface area contributed by atoms with Gasteiger partial charge in [-0.2, -0.15) is 5.10 Å². The van der Waals surface area contributed by atoms with Gasteiger partial charge in [0.1, 0.15) is 0 Å². The zero-order valence-corrected chi connectivity index (χ0v) is 16.6. The lowest BCUT2D eigenvalue weighted by Crippen LogP contribution is -2.50. The number of para-hydroxylation sites is 1. The summed E-state index contributed by atoms with van der Waals surface area (Å²) in [5, 5.41) is 4.81. The van der Waals surface area contributed by atoms with E-state index in [1.165, 1.54) is 0 Å². The molecule has 0 spiro atoms. The Kier molecular flexibility index (Phi) is 5.63. The highest BCUT2D eigenvalue weighted by atomic mass is 16.2. The molecular formula is C21H28N4O2. The lowest BCUT2D eigenvalue weighted by molar-refractivity contribution is -0.130. The maximum absolute atomic E-state index is 13.4. The molecule has 3 rings (SSSR count). The van der Waals surface area contributed by atoms with Gasteiger partial charge < -0.3 is 9.80 Å². The Balaban J connectivity index is 1.98. The predicted molar refractivity (Wildman–Crippen MR) is 105 cm³/mol. The van der Waals surface area contributed by atoms with Gasteiger partial charge in [-0.05, 0) is 24.5 Å². The van der Waals surface area contributed by atoms with Crippen LogP contribution in [0.5, 0.6) is 0 Å². The molecule has 2 heterocycles. The van der Waals surface area contributed by atoms with Gasteiger partial charge in [0, 0.05) is 33.1 Å². The largest absolute Gasteiger partial charge is 0.339 e. The molecule has 0 saturated carbocycles. The van der Waals surface area contributed by atoms with E-state index in [1.54, 1.807) is 11.8 Å². The first kappa shape index (κ1) is 19.1. The molecule has 1 saturated heterocycles. The van der Waals surface area contributed by atoms with Crippen molar-refractivity contribution in [1.82, 2.24) is 19.6 Å². The molecule has 6 heteroatoms. The Morgan fingerprint density at radius 1 is 1.04 bits per heavy atom. The number of rotatable bonds is 4. The van der Waals surface area contributed by atoms with E-state index in [4.69, 9.17) is 5.10 Å². The van der Waals surface area contributed by atoms with Gasteiger partial charge in [-0.15, -0.1) is 0 Å². The van der Waals surface area contributed by atoms with Crippen molar-refractivity contribution < 1.29 is 9.59 Å². The van der Waals surface area contributed by atoms with E-state index in [1.807, 2.05) is 39.9 Å². The van der Waals surface area contributed by atoms with Crippen molar-refractivity contribution in [1.29, 1.82) is 0 Å². The van der Waals surface area contributed by atoms with E-state index in [-0.39, 0.29) is 17.7 Å². The van der Waals surface area contributed by atoms with Crippen LogP contribution in [0.3, 0.4) is 0 Å². The van der Waals surface area contributed by atoms with Crippen molar-refractivity contribution in [2.45, 2.75) is 40.0 Å². The van der Waals surface area contributed by atoms with E-state index >= 15 is 0 Å². The summed E-state index contributed by atoms with van der Waals surface area (Å²) in [4.78, 5) is 28.6. The second kappa shape index (κ2) is 7.94. The first-order valence-corrected chi connectivity index (χ1v) is 9.66. The number of aromatic nitrogens is 2. The minimum Gasteiger partial charge on any atom is -0.339 e. The third kappa shape index (κ3) is 3.75. The summed E-state index contributed by atoms with van der Waals surface area (Å²) in [7, 11) is 0. The monoisotopic (exact) mass is 368 g/mol. The predicted octanol–water partition coefficient (Wildman–Crippen LogP) is 2.86. The Hall–Kier alpha value is -2.63. The van der Waals surface area contributed by atoms with Gasteiger partial charge in [0.25, 0.3) is 5.91 Å². The smallest absolute Gasteiger partial charge is 0.257 e. The summed E-state index contributed by atoms with van der Waals surface area (Å²) >= 11 is 0. The molecule has 27 heavy (non-hydrogen) atoms. The van der Waals surface area contributed by atoms with Crippen molar-refractivity contribution in [2.24, 2.45) is 0 Å². The van der Waals surface area contributed by atoms with Crippen molar-refractivity contribution in [3.05, 3.63) is 47.3 Å². The number of carbonyl (C=O) groups excluding carboxylic acids is 2. The molecule has 0 unspecified atom stereocenters. The van der Waals surface area contributed by atoms with Crippen molar-refractivity contribution in [3.8, 4) is 5.69 Å². The van der Waals surface area contributed by atoms with Crippen LogP contribution in [0.2, 0.25) is 0 Å². The summed E-state index contributed by atoms with van der Waals surface area (Å²) in [6, 6.07) is 9.96. The molecule has 2 aromatic rings. The molecule has 0 bridgehead atoms. The first-order chi connectivity index (χ1) is 12.9. The Labute approximate surface area is 160 Å². The molecule has 1 aliphatic rings. The quantitative estimate of drug-likeness (QED) is 0.834. The van der Waals surface area contributed by atoms with Crippen LogP contribution < -0.4 is 0 Å².